The van der Waals surface area contributed by atoms with Crippen LogP contribution in [0, 0.1) is 0 Å². The Kier molecular flexibility index (Phi) is 5.67. The molecule has 5 nitrogen and oxygen atoms in total. The van der Waals surface area contributed by atoms with Gasteiger partial charge in [-0.2, -0.15) is 11.8 Å². The van der Waals surface area contributed by atoms with Crippen molar-refractivity contribution in [2.24, 2.45) is 0 Å². The molecule has 1 amide bonds. The smallest absolute Gasteiger partial charge is 0.240 e. The van der Waals surface area contributed by atoms with Crippen LogP contribution in [0.15, 0.2) is 54.7 Å². The zero-order chi connectivity index (χ0) is 19.3. The Morgan fingerprint density at radius 1 is 1.18 bits per heavy atom. The van der Waals surface area contributed by atoms with Gasteiger partial charge in [-0.15, -0.1) is 0 Å². The molecule has 2 aromatic heterocycles. The number of hydrogen-bond donors (Lipinski definition) is 2. The molecule has 0 saturated carbocycles. The molecular weight excluding hydrogens is 368 g/mol. The second-order valence-corrected chi connectivity index (χ2v) is 7.71. The second-order valence-electron chi connectivity index (χ2n) is 6.85. The first-order chi connectivity index (χ1) is 13.8. The average Bonchev–Trinajstić information content (AvgIpc) is 3.27. The average molecular weight is 393 g/mol. The number of amides is 1. The van der Waals surface area contributed by atoms with Gasteiger partial charge in [-0.1, -0.05) is 30.3 Å². The van der Waals surface area contributed by atoms with Crippen molar-refractivity contribution >= 4 is 39.6 Å². The van der Waals surface area contributed by atoms with Gasteiger partial charge in [-0.05, 0) is 42.9 Å². The van der Waals surface area contributed by atoms with Crippen LogP contribution >= 0.6 is 11.8 Å². The van der Waals surface area contributed by atoms with Crippen LogP contribution in [0.3, 0.4) is 0 Å². The molecule has 0 fully saturated rings. The number of aromatic nitrogens is 3. The molecule has 0 atom stereocenters. The lowest BCUT2D eigenvalue weighted by Crippen LogP contribution is -2.29. The van der Waals surface area contributed by atoms with Crippen molar-refractivity contribution in [3.63, 3.8) is 0 Å². The minimum atomic E-state index is 0.0319. The van der Waals surface area contributed by atoms with E-state index in [-0.39, 0.29) is 5.91 Å². The molecule has 144 valence electrons. The van der Waals surface area contributed by atoms with Crippen LogP contribution in [0.4, 0.5) is 0 Å². The van der Waals surface area contributed by atoms with Crippen molar-refractivity contribution in [3.8, 4) is 0 Å². The first kappa shape index (κ1) is 18.6. The van der Waals surface area contributed by atoms with Gasteiger partial charge >= 0.3 is 0 Å². The molecule has 28 heavy (non-hydrogen) atoms. The number of fused-ring (bicyclic) bond motifs is 2. The van der Waals surface area contributed by atoms with Crippen molar-refractivity contribution in [2.75, 3.05) is 12.8 Å². The molecule has 6 heteroatoms. The van der Waals surface area contributed by atoms with Gasteiger partial charge in [0.15, 0.2) is 0 Å². The van der Waals surface area contributed by atoms with E-state index in [4.69, 9.17) is 0 Å². The number of hydrogen-bond acceptors (Lipinski definition) is 3. The van der Waals surface area contributed by atoms with Gasteiger partial charge in [0.2, 0.25) is 5.91 Å². The molecule has 2 aromatic carbocycles. The number of thioether (sulfide) groups is 1. The molecule has 2 N–H and O–H groups in total. The van der Waals surface area contributed by atoms with E-state index in [1.54, 1.807) is 11.8 Å². The summed E-state index contributed by atoms with van der Waals surface area (Å²) in [5.74, 6) is 1.77. The van der Waals surface area contributed by atoms with Gasteiger partial charge < -0.3 is 14.9 Å². The Hall–Kier alpha value is -2.73. The lowest BCUT2D eigenvalue weighted by atomic mass is 10.1. The number of carbonyl (C=O) groups excluding carboxylic acids is 1. The highest BCUT2D eigenvalue weighted by molar-refractivity contribution is 7.97. The standard InChI is InChI=1S/C22H24N4OS/c1-28-15-21-25-19-10-4-5-11-20(19)26(21)14-22(27)23-12-6-7-16-13-24-18-9-3-2-8-17(16)18/h2-5,8-11,13,24H,6-7,12,14-15H2,1H3,(H,23,27). The fourth-order valence-electron chi connectivity index (χ4n) is 3.59. The number of H-pyrrole nitrogens is 1. The third-order valence-electron chi connectivity index (χ3n) is 4.93. The lowest BCUT2D eigenvalue weighted by Gasteiger charge is -2.09. The van der Waals surface area contributed by atoms with Crippen LogP contribution in [0.1, 0.15) is 17.8 Å². The van der Waals surface area contributed by atoms with Crippen LogP contribution in [-0.4, -0.2) is 33.2 Å². The summed E-state index contributed by atoms with van der Waals surface area (Å²) in [5.41, 5.74) is 4.42. The van der Waals surface area contributed by atoms with E-state index in [9.17, 15) is 4.79 Å². The van der Waals surface area contributed by atoms with Gasteiger partial charge in [0, 0.05) is 23.6 Å². The van der Waals surface area contributed by atoms with Crippen LogP contribution in [0.2, 0.25) is 0 Å². The van der Waals surface area contributed by atoms with E-state index in [0.717, 1.165) is 41.0 Å². The van der Waals surface area contributed by atoms with E-state index in [0.29, 0.717) is 13.1 Å². The highest BCUT2D eigenvalue weighted by atomic mass is 32.2. The van der Waals surface area contributed by atoms with Crippen molar-refractivity contribution in [3.05, 3.63) is 66.1 Å². The molecule has 0 bridgehead atoms. The number of aromatic amines is 1. The van der Waals surface area contributed by atoms with Gasteiger partial charge in [-0.25, -0.2) is 4.98 Å². The molecule has 0 radical (unpaired) electrons. The molecule has 0 unspecified atom stereocenters. The topological polar surface area (TPSA) is 62.7 Å². The summed E-state index contributed by atoms with van der Waals surface area (Å²) in [6, 6.07) is 16.3. The first-order valence-corrected chi connectivity index (χ1v) is 10.9. The fraction of sp³-hybridized carbons (Fsp3) is 0.273. The van der Waals surface area contributed by atoms with Crippen molar-refractivity contribution < 1.29 is 4.79 Å². The van der Waals surface area contributed by atoms with Crippen molar-refractivity contribution in [2.45, 2.75) is 25.1 Å². The largest absolute Gasteiger partial charge is 0.361 e. The Balaban J connectivity index is 1.35. The van der Waals surface area contributed by atoms with Crippen LogP contribution in [0.25, 0.3) is 21.9 Å². The molecule has 4 aromatic rings. The number of benzene rings is 2. The molecular formula is C22H24N4OS. The quantitative estimate of drug-likeness (QED) is 0.443. The Morgan fingerprint density at radius 2 is 2.00 bits per heavy atom. The number of para-hydroxylation sites is 3. The highest BCUT2D eigenvalue weighted by Crippen LogP contribution is 2.20. The van der Waals surface area contributed by atoms with Gasteiger partial charge in [0.25, 0.3) is 0 Å². The van der Waals surface area contributed by atoms with E-state index in [1.807, 2.05) is 34.9 Å². The Morgan fingerprint density at radius 3 is 2.89 bits per heavy atom. The number of aryl methyl sites for hydroxylation is 1. The third kappa shape index (κ3) is 3.92. The predicted octanol–water partition coefficient (Wildman–Crippen LogP) is 4.13. The number of nitrogens with zero attached hydrogens (tertiary/aromatic N) is 2. The maximum absolute atomic E-state index is 12.5. The maximum atomic E-state index is 12.5. The zero-order valence-electron chi connectivity index (χ0n) is 15.9. The van der Waals surface area contributed by atoms with Gasteiger partial charge in [0.1, 0.15) is 12.4 Å². The number of carbonyl (C=O) groups is 1. The van der Waals surface area contributed by atoms with E-state index >= 15 is 0 Å². The summed E-state index contributed by atoms with van der Waals surface area (Å²) in [5, 5.41) is 4.33. The minimum absolute atomic E-state index is 0.0319. The van der Waals surface area contributed by atoms with E-state index in [2.05, 4.69) is 45.9 Å². The Labute approximate surface area is 168 Å². The predicted molar refractivity (Wildman–Crippen MR) is 117 cm³/mol. The molecule has 4 rings (SSSR count). The summed E-state index contributed by atoms with van der Waals surface area (Å²) >= 11 is 1.71. The van der Waals surface area contributed by atoms with Crippen LogP contribution < -0.4 is 5.32 Å². The number of imidazole rings is 1. The highest BCUT2D eigenvalue weighted by Gasteiger charge is 2.13. The summed E-state index contributed by atoms with van der Waals surface area (Å²) in [6.07, 6.45) is 5.97. The summed E-state index contributed by atoms with van der Waals surface area (Å²) < 4.78 is 2.03. The summed E-state index contributed by atoms with van der Waals surface area (Å²) in [7, 11) is 0. The fourth-order valence-corrected chi connectivity index (χ4v) is 4.06. The molecule has 0 spiro atoms. The van der Waals surface area contributed by atoms with Gasteiger partial charge in [-0.3, -0.25) is 4.79 Å². The second kappa shape index (κ2) is 8.52. The Bertz CT molecular complexity index is 1100. The van der Waals surface area contributed by atoms with E-state index in [1.165, 1.54) is 10.9 Å². The SMILES string of the molecule is CSCc1nc2ccccc2n1CC(=O)NCCCc1c[nH]c2ccccc12. The molecule has 0 aliphatic carbocycles. The molecule has 0 aliphatic heterocycles. The summed E-state index contributed by atoms with van der Waals surface area (Å²) in [4.78, 5) is 20.5. The third-order valence-corrected chi connectivity index (χ3v) is 5.48. The number of nitrogens with one attached hydrogen (secondary N) is 2. The van der Waals surface area contributed by atoms with Crippen molar-refractivity contribution in [1.82, 2.24) is 19.9 Å². The maximum Gasteiger partial charge on any atom is 0.240 e. The minimum Gasteiger partial charge on any atom is -0.361 e. The van der Waals surface area contributed by atoms with Gasteiger partial charge in [0.05, 0.1) is 16.8 Å². The molecule has 0 aliphatic rings. The molecule has 0 saturated heterocycles. The summed E-state index contributed by atoms with van der Waals surface area (Å²) in [6.45, 7) is 0.978. The normalized spacial score (nSPS) is 11.3. The zero-order valence-corrected chi connectivity index (χ0v) is 16.8. The first-order valence-electron chi connectivity index (χ1n) is 9.51. The van der Waals surface area contributed by atoms with Crippen molar-refractivity contribution in [1.29, 1.82) is 0 Å². The number of rotatable bonds is 8. The molecule has 2 heterocycles. The van der Waals surface area contributed by atoms with Crippen LogP contribution in [0.5, 0.6) is 0 Å². The lowest BCUT2D eigenvalue weighted by molar-refractivity contribution is -0.121. The monoisotopic (exact) mass is 392 g/mol. The van der Waals surface area contributed by atoms with Crippen LogP contribution in [-0.2, 0) is 23.5 Å². The van der Waals surface area contributed by atoms with E-state index < -0.39 is 0 Å².